The van der Waals surface area contributed by atoms with E-state index >= 15 is 0 Å². The van der Waals surface area contributed by atoms with Gasteiger partial charge >= 0.3 is 18.6 Å². The Kier molecular flexibility index (Phi) is 8.31. The number of carbonyl (C=O) groups is 2. The highest BCUT2D eigenvalue weighted by Crippen LogP contribution is 2.43. The van der Waals surface area contributed by atoms with Gasteiger partial charge in [-0.05, 0) is 33.8 Å². The number of halogens is 2. The molecule has 0 amide bonds. The number of benzene rings is 1. The lowest BCUT2D eigenvalue weighted by Crippen LogP contribution is -2.33. The number of nitrogens with one attached hydrogen (secondary N) is 1. The summed E-state index contributed by atoms with van der Waals surface area (Å²) in [6, 6.07) is 5.84. The Balaban J connectivity index is 2.64. The van der Waals surface area contributed by atoms with Crippen LogP contribution in [0.5, 0.6) is 5.75 Å². The Labute approximate surface area is 172 Å². The number of rotatable bonds is 9. The Morgan fingerprint density at radius 1 is 0.967 bits per heavy atom. The Morgan fingerprint density at radius 3 is 1.93 bits per heavy atom. The SMILES string of the molecule is CCOOC(=O)C1=C(C)NC(C)=C(C(=O)OOCC)C1c1ccccc1OC(F)F. The molecule has 0 fully saturated rings. The summed E-state index contributed by atoms with van der Waals surface area (Å²) < 4.78 is 30.6. The molecule has 164 valence electrons. The van der Waals surface area contributed by atoms with Gasteiger partial charge in [0.1, 0.15) is 5.75 Å². The molecule has 1 aromatic carbocycles. The molecule has 30 heavy (non-hydrogen) atoms. The van der Waals surface area contributed by atoms with Crippen molar-refractivity contribution >= 4 is 11.9 Å². The Morgan fingerprint density at radius 2 is 1.47 bits per heavy atom. The third kappa shape index (κ3) is 5.33. The van der Waals surface area contributed by atoms with Gasteiger partial charge in [-0.3, -0.25) is 9.78 Å². The summed E-state index contributed by atoms with van der Waals surface area (Å²) in [6.45, 7) is 3.48. The number of hydrogen-bond acceptors (Lipinski definition) is 8. The summed E-state index contributed by atoms with van der Waals surface area (Å²) in [4.78, 5) is 44.5. The molecule has 1 heterocycles. The summed E-state index contributed by atoms with van der Waals surface area (Å²) in [5, 5.41) is 2.91. The molecule has 0 unspecified atom stereocenters. The standard InChI is InChI=1S/C20H23F2NO7/c1-5-26-29-18(24)15-11(3)23-12(4)16(19(25)30-27-6-2)17(15)13-9-7-8-10-14(13)28-20(21)22/h7-10,17,20,23H,5-6H2,1-4H3. The lowest BCUT2D eigenvalue weighted by molar-refractivity contribution is -0.267. The normalized spacial score (nSPS) is 14.6. The summed E-state index contributed by atoms with van der Waals surface area (Å²) in [5.41, 5.74) is 0.791. The molecular weight excluding hydrogens is 404 g/mol. The van der Waals surface area contributed by atoms with E-state index < -0.39 is 24.5 Å². The Bertz CT molecular complexity index is 809. The van der Waals surface area contributed by atoms with E-state index in [4.69, 9.17) is 19.6 Å². The number of allylic oxidation sites excluding steroid dienone is 2. The second kappa shape index (κ2) is 10.7. The van der Waals surface area contributed by atoms with E-state index in [1.54, 1.807) is 33.8 Å². The van der Waals surface area contributed by atoms with Crippen molar-refractivity contribution in [3.05, 3.63) is 52.4 Å². The summed E-state index contributed by atoms with van der Waals surface area (Å²) in [6.07, 6.45) is 0. The molecule has 0 spiro atoms. The van der Waals surface area contributed by atoms with Gasteiger partial charge in [-0.2, -0.15) is 18.6 Å². The number of para-hydroxylation sites is 1. The highest BCUT2D eigenvalue weighted by atomic mass is 19.3. The lowest BCUT2D eigenvalue weighted by Gasteiger charge is -2.30. The Hall–Kier alpha value is -2.98. The number of alkyl halides is 2. The van der Waals surface area contributed by atoms with E-state index in [0.29, 0.717) is 11.4 Å². The fraction of sp³-hybridized carbons (Fsp3) is 0.400. The fourth-order valence-electron chi connectivity index (χ4n) is 3.08. The zero-order chi connectivity index (χ0) is 22.3. The number of carbonyl (C=O) groups excluding carboxylic acids is 2. The van der Waals surface area contributed by atoms with E-state index in [2.05, 4.69) is 10.1 Å². The van der Waals surface area contributed by atoms with Crippen molar-refractivity contribution in [2.75, 3.05) is 13.2 Å². The first-order chi connectivity index (χ1) is 14.3. The van der Waals surface area contributed by atoms with Gasteiger partial charge in [-0.25, -0.2) is 9.59 Å². The molecule has 0 saturated carbocycles. The summed E-state index contributed by atoms with van der Waals surface area (Å²) in [7, 11) is 0. The maximum Gasteiger partial charge on any atom is 0.387 e. The van der Waals surface area contributed by atoms with E-state index in [0.717, 1.165) is 0 Å². The van der Waals surface area contributed by atoms with E-state index in [-0.39, 0.29) is 35.7 Å². The monoisotopic (exact) mass is 427 g/mol. The minimum absolute atomic E-state index is 0.0252. The molecule has 0 atom stereocenters. The number of ether oxygens (including phenoxy) is 1. The first kappa shape index (κ1) is 23.3. The van der Waals surface area contributed by atoms with Crippen LogP contribution in [-0.2, 0) is 29.1 Å². The molecular formula is C20H23F2NO7. The van der Waals surface area contributed by atoms with Crippen LogP contribution in [0.2, 0.25) is 0 Å². The van der Waals surface area contributed by atoms with E-state index in [1.807, 2.05) is 0 Å². The first-order valence-electron chi connectivity index (χ1n) is 9.21. The summed E-state index contributed by atoms with van der Waals surface area (Å²) >= 11 is 0. The van der Waals surface area contributed by atoms with Crippen molar-refractivity contribution in [2.45, 2.75) is 40.2 Å². The van der Waals surface area contributed by atoms with Crippen LogP contribution in [0.3, 0.4) is 0 Å². The second-order valence-electron chi connectivity index (χ2n) is 6.11. The molecule has 1 aliphatic rings. The van der Waals surface area contributed by atoms with E-state index in [1.165, 1.54) is 18.2 Å². The third-order valence-corrected chi connectivity index (χ3v) is 4.15. The fourth-order valence-corrected chi connectivity index (χ4v) is 3.08. The van der Waals surface area contributed by atoms with Crippen molar-refractivity contribution in [3.8, 4) is 5.75 Å². The topological polar surface area (TPSA) is 92.3 Å². The quantitative estimate of drug-likeness (QED) is 0.473. The van der Waals surface area contributed by atoms with Crippen molar-refractivity contribution in [2.24, 2.45) is 0 Å². The van der Waals surface area contributed by atoms with Gasteiger partial charge < -0.3 is 10.1 Å². The maximum absolute atomic E-state index is 13.0. The molecule has 0 bridgehead atoms. The van der Waals surface area contributed by atoms with Crippen LogP contribution in [0, 0.1) is 0 Å². The molecule has 1 aromatic rings. The van der Waals surface area contributed by atoms with Crippen LogP contribution >= 0.6 is 0 Å². The molecule has 0 aliphatic carbocycles. The third-order valence-electron chi connectivity index (χ3n) is 4.15. The predicted octanol–water partition coefficient (Wildman–Crippen LogP) is 3.51. The van der Waals surface area contributed by atoms with Gasteiger partial charge in [0.05, 0.1) is 30.3 Å². The van der Waals surface area contributed by atoms with Crippen molar-refractivity contribution < 1.29 is 42.7 Å². The van der Waals surface area contributed by atoms with Crippen LogP contribution in [0.4, 0.5) is 8.78 Å². The maximum atomic E-state index is 13.0. The molecule has 2 rings (SSSR count). The molecule has 0 saturated heterocycles. The summed E-state index contributed by atoms with van der Waals surface area (Å²) in [5.74, 6) is -3.13. The van der Waals surface area contributed by atoms with Crippen LogP contribution < -0.4 is 10.1 Å². The van der Waals surface area contributed by atoms with Gasteiger partial charge in [0.25, 0.3) is 0 Å². The molecule has 0 radical (unpaired) electrons. The second-order valence-corrected chi connectivity index (χ2v) is 6.11. The highest BCUT2D eigenvalue weighted by Gasteiger charge is 2.40. The zero-order valence-electron chi connectivity index (χ0n) is 17.0. The molecule has 8 nitrogen and oxygen atoms in total. The van der Waals surface area contributed by atoms with Crippen LogP contribution in [0.25, 0.3) is 0 Å². The van der Waals surface area contributed by atoms with Gasteiger partial charge in [0, 0.05) is 17.0 Å². The average molecular weight is 427 g/mol. The predicted molar refractivity (Wildman–Crippen MR) is 99.8 cm³/mol. The average Bonchev–Trinajstić information content (AvgIpc) is 2.69. The van der Waals surface area contributed by atoms with Crippen molar-refractivity contribution in [1.82, 2.24) is 5.32 Å². The van der Waals surface area contributed by atoms with Crippen LogP contribution in [0.1, 0.15) is 39.2 Å². The van der Waals surface area contributed by atoms with Crippen molar-refractivity contribution in [1.29, 1.82) is 0 Å². The van der Waals surface area contributed by atoms with Gasteiger partial charge in [-0.15, -0.1) is 0 Å². The molecule has 0 aromatic heterocycles. The minimum Gasteiger partial charge on any atom is -0.435 e. The lowest BCUT2D eigenvalue weighted by atomic mass is 9.80. The molecule has 10 heteroatoms. The highest BCUT2D eigenvalue weighted by molar-refractivity contribution is 5.99. The molecule has 1 N–H and O–H groups in total. The van der Waals surface area contributed by atoms with E-state index in [9.17, 15) is 18.4 Å². The van der Waals surface area contributed by atoms with Gasteiger partial charge in [-0.1, -0.05) is 18.2 Å². The minimum atomic E-state index is -3.11. The first-order valence-corrected chi connectivity index (χ1v) is 9.21. The van der Waals surface area contributed by atoms with Gasteiger partial charge in [0.2, 0.25) is 0 Å². The number of dihydropyridines is 1. The molecule has 1 aliphatic heterocycles. The smallest absolute Gasteiger partial charge is 0.387 e. The van der Waals surface area contributed by atoms with Crippen LogP contribution in [0.15, 0.2) is 46.8 Å². The van der Waals surface area contributed by atoms with Crippen LogP contribution in [-0.4, -0.2) is 31.8 Å². The number of hydrogen-bond donors (Lipinski definition) is 1. The largest absolute Gasteiger partial charge is 0.435 e. The van der Waals surface area contributed by atoms with Gasteiger partial charge in [0.15, 0.2) is 0 Å². The zero-order valence-corrected chi connectivity index (χ0v) is 17.0. The van der Waals surface area contributed by atoms with Crippen molar-refractivity contribution in [3.63, 3.8) is 0 Å².